The molecule has 2 aromatic carbocycles. The first kappa shape index (κ1) is 20.1. The molecule has 2 heterocycles. The van der Waals surface area contributed by atoms with Gasteiger partial charge in [-0.25, -0.2) is 0 Å². The maximum Gasteiger partial charge on any atom is 0.262 e. The van der Waals surface area contributed by atoms with Gasteiger partial charge in [-0.3, -0.25) is 14.5 Å². The van der Waals surface area contributed by atoms with Crippen molar-refractivity contribution in [2.24, 2.45) is 0 Å². The fourth-order valence-electron chi connectivity index (χ4n) is 3.73. The minimum Gasteiger partial charge on any atom is -0.394 e. The molecule has 3 N–H and O–H groups in total. The van der Waals surface area contributed by atoms with Crippen LogP contribution in [0.15, 0.2) is 53.4 Å². The number of amides is 2. The first-order valence-electron chi connectivity index (χ1n) is 9.25. The molecule has 0 aromatic heterocycles. The number of hydrogen-bond acceptors (Lipinski definition) is 7. The van der Waals surface area contributed by atoms with E-state index in [1.54, 1.807) is 24.3 Å². The molecule has 0 radical (unpaired) electrons. The summed E-state index contributed by atoms with van der Waals surface area (Å²) in [6.45, 7) is 1.41. The van der Waals surface area contributed by atoms with Gasteiger partial charge >= 0.3 is 0 Å². The summed E-state index contributed by atoms with van der Waals surface area (Å²) in [6, 6.07) is 12.8. The van der Waals surface area contributed by atoms with Crippen molar-refractivity contribution in [3.05, 3.63) is 65.2 Å². The number of aliphatic hydroxyl groups excluding tert-OH is 3. The molecule has 152 valence electrons. The molecule has 0 spiro atoms. The first-order valence-corrected chi connectivity index (χ1v) is 10.1. The number of imide groups is 1. The second kappa shape index (κ2) is 7.89. The number of rotatable bonds is 4. The van der Waals surface area contributed by atoms with E-state index < -0.39 is 48.2 Å². The Morgan fingerprint density at radius 1 is 0.966 bits per heavy atom. The van der Waals surface area contributed by atoms with Crippen molar-refractivity contribution in [1.82, 2.24) is 4.90 Å². The summed E-state index contributed by atoms with van der Waals surface area (Å²) >= 11 is 1.24. The van der Waals surface area contributed by atoms with Crippen LogP contribution in [-0.2, 0) is 4.74 Å². The number of hydrogen-bond donors (Lipinski definition) is 3. The maximum atomic E-state index is 13.0. The number of nitrogens with zero attached hydrogens (tertiary/aromatic N) is 1. The van der Waals surface area contributed by atoms with E-state index in [9.17, 15) is 24.9 Å². The molecular weight excluding hydrogens is 394 g/mol. The van der Waals surface area contributed by atoms with Crippen LogP contribution in [0.3, 0.4) is 0 Å². The van der Waals surface area contributed by atoms with E-state index in [2.05, 4.69) is 0 Å². The van der Waals surface area contributed by atoms with Crippen LogP contribution in [-0.4, -0.2) is 68.4 Å². The van der Waals surface area contributed by atoms with Crippen LogP contribution in [0.2, 0.25) is 0 Å². The third kappa shape index (κ3) is 3.37. The molecule has 0 unspecified atom stereocenters. The normalized spacial score (nSPS) is 29.2. The van der Waals surface area contributed by atoms with Crippen LogP contribution in [0.25, 0.3) is 0 Å². The molecule has 0 bridgehead atoms. The smallest absolute Gasteiger partial charge is 0.262 e. The topological polar surface area (TPSA) is 107 Å². The summed E-state index contributed by atoms with van der Waals surface area (Å²) in [6.07, 6.45) is -3.94. The zero-order chi connectivity index (χ0) is 20.7. The Kier molecular flexibility index (Phi) is 5.46. The van der Waals surface area contributed by atoms with Gasteiger partial charge in [-0.05, 0) is 30.7 Å². The Hall–Kier alpha value is -2.23. The molecule has 0 saturated carbocycles. The predicted octanol–water partition coefficient (Wildman–Crippen LogP) is 1.19. The van der Waals surface area contributed by atoms with Gasteiger partial charge in [0.15, 0.2) is 0 Å². The van der Waals surface area contributed by atoms with Crippen LogP contribution < -0.4 is 0 Å². The Bertz CT molecular complexity index is 915. The third-order valence-electron chi connectivity index (χ3n) is 5.31. The maximum absolute atomic E-state index is 13.0. The van der Waals surface area contributed by atoms with Gasteiger partial charge in [0.1, 0.15) is 29.8 Å². The molecule has 2 amide bonds. The molecule has 4 rings (SSSR count). The quantitative estimate of drug-likeness (QED) is 0.644. The van der Waals surface area contributed by atoms with Gasteiger partial charge in [0, 0.05) is 4.90 Å². The molecule has 1 fully saturated rings. The highest BCUT2D eigenvalue weighted by molar-refractivity contribution is 7.99. The minimum absolute atomic E-state index is 0.253. The van der Waals surface area contributed by atoms with Crippen molar-refractivity contribution in [3.63, 3.8) is 0 Å². The first-order chi connectivity index (χ1) is 13.9. The number of fused-ring (bicyclic) bond motifs is 1. The molecule has 29 heavy (non-hydrogen) atoms. The highest BCUT2D eigenvalue weighted by Crippen LogP contribution is 2.39. The van der Waals surface area contributed by atoms with Crippen LogP contribution >= 0.6 is 11.8 Å². The van der Waals surface area contributed by atoms with Gasteiger partial charge in [-0.1, -0.05) is 42.1 Å². The zero-order valence-corrected chi connectivity index (χ0v) is 16.5. The van der Waals surface area contributed by atoms with Crippen molar-refractivity contribution in [2.45, 2.75) is 41.6 Å². The van der Waals surface area contributed by atoms with Crippen LogP contribution in [0, 0.1) is 6.92 Å². The van der Waals surface area contributed by atoms with E-state index in [1.165, 1.54) is 11.8 Å². The number of carbonyl (C=O) groups excluding carboxylic acids is 2. The van der Waals surface area contributed by atoms with Crippen molar-refractivity contribution in [3.8, 4) is 0 Å². The number of ether oxygens (including phenoxy) is 1. The van der Waals surface area contributed by atoms with Crippen molar-refractivity contribution < 1.29 is 29.6 Å². The average Bonchev–Trinajstić information content (AvgIpc) is 2.97. The molecule has 0 aliphatic carbocycles. The second-order valence-corrected chi connectivity index (χ2v) is 8.25. The molecule has 5 atom stereocenters. The molecule has 1 saturated heterocycles. The molecule has 2 aromatic rings. The standard InChI is InChI=1S/C21H21NO6S/c1-11-6-2-5-9-15(11)29-21-16(18(25)17(24)14(10-23)28-21)22-19(26)12-7-3-4-8-13(12)20(22)27/h2-9,14,16-18,21,23-25H,10H2,1H3/t14-,16-,17-,18-,21+/m1/s1. The lowest BCUT2D eigenvalue weighted by molar-refractivity contribution is -0.181. The predicted molar refractivity (Wildman–Crippen MR) is 106 cm³/mol. The monoisotopic (exact) mass is 415 g/mol. The number of carbonyl (C=O) groups is 2. The van der Waals surface area contributed by atoms with Gasteiger partial charge in [-0.15, -0.1) is 0 Å². The Balaban J connectivity index is 1.73. The summed E-state index contributed by atoms with van der Waals surface area (Å²) in [5.41, 5.74) is 0.600. The SMILES string of the molecule is Cc1ccccc1S[C@@H]1O[C@H](CO)[C@@H](O)[C@H](O)[C@H]1N1C(=O)c2ccccc2C1=O. The largest absolute Gasteiger partial charge is 0.394 e. The van der Waals surface area contributed by atoms with E-state index in [0.717, 1.165) is 15.4 Å². The number of aryl methyl sites for hydroxylation is 1. The zero-order valence-electron chi connectivity index (χ0n) is 15.6. The van der Waals surface area contributed by atoms with Crippen molar-refractivity contribution in [2.75, 3.05) is 6.61 Å². The average molecular weight is 415 g/mol. The van der Waals surface area contributed by atoms with Gasteiger partial charge in [0.2, 0.25) is 0 Å². The minimum atomic E-state index is -1.47. The second-order valence-electron chi connectivity index (χ2n) is 7.11. The summed E-state index contributed by atoms with van der Waals surface area (Å²) in [5, 5.41) is 30.8. The van der Waals surface area contributed by atoms with E-state index in [0.29, 0.717) is 0 Å². The number of thioether (sulfide) groups is 1. The third-order valence-corrected chi connectivity index (χ3v) is 6.64. The summed E-state index contributed by atoms with van der Waals surface area (Å²) in [5.74, 6) is -1.08. The lowest BCUT2D eigenvalue weighted by Crippen LogP contribution is -2.64. The van der Waals surface area contributed by atoms with Crippen LogP contribution in [0.5, 0.6) is 0 Å². The Morgan fingerprint density at radius 2 is 1.55 bits per heavy atom. The summed E-state index contributed by atoms with van der Waals surface area (Å²) < 4.78 is 5.85. The highest BCUT2D eigenvalue weighted by Gasteiger charge is 2.53. The van der Waals surface area contributed by atoms with Crippen molar-refractivity contribution in [1.29, 1.82) is 0 Å². The highest BCUT2D eigenvalue weighted by atomic mass is 32.2. The van der Waals surface area contributed by atoms with Gasteiger partial charge < -0.3 is 20.1 Å². The van der Waals surface area contributed by atoms with E-state index in [4.69, 9.17) is 4.74 Å². The van der Waals surface area contributed by atoms with Gasteiger partial charge in [0.05, 0.1) is 17.7 Å². The lowest BCUT2D eigenvalue weighted by atomic mass is 9.97. The van der Waals surface area contributed by atoms with Gasteiger partial charge in [-0.2, -0.15) is 0 Å². The molecular formula is C21H21NO6S. The lowest BCUT2D eigenvalue weighted by Gasteiger charge is -2.45. The number of aliphatic hydroxyl groups is 3. The van der Waals surface area contributed by atoms with Crippen LogP contribution in [0.1, 0.15) is 26.3 Å². The van der Waals surface area contributed by atoms with E-state index in [-0.39, 0.29) is 11.1 Å². The molecule has 2 aliphatic heterocycles. The van der Waals surface area contributed by atoms with E-state index in [1.807, 2.05) is 31.2 Å². The van der Waals surface area contributed by atoms with Crippen molar-refractivity contribution >= 4 is 23.6 Å². The molecule has 8 heteroatoms. The fraction of sp³-hybridized carbons (Fsp3) is 0.333. The van der Waals surface area contributed by atoms with Crippen LogP contribution in [0.4, 0.5) is 0 Å². The fourth-order valence-corrected chi connectivity index (χ4v) is 5.01. The summed E-state index contributed by atoms with van der Waals surface area (Å²) in [7, 11) is 0. The molecule has 7 nitrogen and oxygen atoms in total. The number of benzene rings is 2. The Labute approximate surface area is 171 Å². The molecule has 2 aliphatic rings. The summed E-state index contributed by atoms with van der Waals surface area (Å²) in [4.78, 5) is 27.8. The Morgan fingerprint density at radius 3 is 2.14 bits per heavy atom. The van der Waals surface area contributed by atoms with E-state index >= 15 is 0 Å². The van der Waals surface area contributed by atoms with Gasteiger partial charge in [0.25, 0.3) is 11.8 Å².